The number of guanidine groups is 1. The van der Waals surface area contributed by atoms with Crippen molar-refractivity contribution in [2.45, 2.75) is 52.8 Å². The molecule has 0 saturated carbocycles. The molecule has 0 fully saturated rings. The lowest BCUT2D eigenvalue weighted by Crippen LogP contribution is -2.50. The van der Waals surface area contributed by atoms with Crippen LogP contribution in [0.5, 0.6) is 0 Å². The van der Waals surface area contributed by atoms with E-state index in [9.17, 15) is 4.79 Å². The number of carbonyl (C=O) groups is 1. The number of ether oxygens (including phenoxy) is 1. The summed E-state index contributed by atoms with van der Waals surface area (Å²) in [7, 11) is 3.53. The van der Waals surface area contributed by atoms with Crippen molar-refractivity contribution in [1.29, 1.82) is 0 Å². The Morgan fingerprint density at radius 2 is 2.04 bits per heavy atom. The van der Waals surface area contributed by atoms with Crippen LogP contribution in [0.15, 0.2) is 11.3 Å². The molecular formula is C16H31N7O2. The first-order chi connectivity index (χ1) is 11.6. The van der Waals surface area contributed by atoms with E-state index in [1.54, 1.807) is 11.7 Å². The summed E-state index contributed by atoms with van der Waals surface area (Å²) in [6.07, 6.45) is 1.09. The SMILES string of the molecule is CN=C(NCc1ncnn1C)NCC(NC(=O)OC(C)(C)C)C(C)C. The van der Waals surface area contributed by atoms with Gasteiger partial charge in [-0.15, -0.1) is 0 Å². The molecule has 0 aliphatic rings. The largest absolute Gasteiger partial charge is 0.444 e. The second-order valence-corrected chi connectivity index (χ2v) is 7.10. The molecule has 1 rings (SSSR count). The Hall–Kier alpha value is -2.32. The summed E-state index contributed by atoms with van der Waals surface area (Å²) >= 11 is 0. The Morgan fingerprint density at radius 3 is 2.52 bits per heavy atom. The monoisotopic (exact) mass is 353 g/mol. The van der Waals surface area contributed by atoms with Gasteiger partial charge in [-0.1, -0.05) is 13.8 Å². The third kappa shape index (κ3) is 7.86. The minimum absolute atomic E-state index is 0.0942. The summed E-state index contributed by atoms with van der Waals surface area (Å²) in [5.74, 6) is 1.66. The van der Waals surface area contributed by atoms with Crippen LogP contribution in [0.2, 0.25) is 0 Å². The van der Waals surface area contributed by atoms with Gasteiger partial charge < -0.3 is 20.7 Å². The van der Waals surface area contributed by atoms with Gasteiger partial charge in [0.1, 0.15) is 17.8 Å². The first-order valence-electron chi connectivity index (χ1n) is 8.39. The van der Waals surface area contributed by atoms with E-state index < -0.39 is 11.7 Å². The summed E-state index contributed by atoms with van der Waals surface area (Å²) in [6, 6.07) is -0.0942. The Labute approximate surface area is 149 Å². The van der Waals surface area contributed by atoms with Gasteiger partial charge in [0.15, 0.2) is 5.96 Å². The zero-order valence-corrected chi connectivity index (χ0v) is 16.3. The summed E-state index contributed by atoms with van der Waals surface area (Å²) < 4.78 is 7.02. The van der Waals surface area contributed by atoms with Gasteiger partial charge in [-0.25, -0.2) is 9.78 Å². The molecule has 9 nitrogen and oxygen atoms in total. The molecule has 0 spiro atoms. The van der Waals surface area contributed by atoms with Crippen LogP contribution in [0.25, 0.3) is 0 Å². The fourth-order valence-corrected chi connectivity index (χ4v) is 1.98. The van der Waals surface area contributed by atoms with Gasteiger partial charge in [0.05, 0.1) is 12.6 Å². The Bertz CT molecular complexity index is 575. The van der Waals surface area contributed by atoms with Gasteiger partial charge >= 0.3 is 6.09 Å². The molecule has 0 radical (unpaired) electrons. The lowest BCUT2D eigenvalue weighted by atomic mass is 10.0. The molecule has 1 aromatic heterocycles. The summed E-state index contributed by atoms with van der Waals surface area (Å²) in [5, 5.41) is 13.3. The number of nitrogens with one attached hydrogen (secondary N) is 3. The first kappa shape index (κ1) is 20.7. The van der Waals surface area contributed by atoms with Gasteiger partial charge in [0.2, 0.25) is 0 Å². The molecule has 0 aliphatic carbocycles. The molecule has 25 heavy (non-hydrogen) atoms. The van der Waals surface area contributed by atoms with Crippen molar-refractivity contribution in [3.8, 4) is 0 Å². The van der Waals surface area contributed by atoms with Gasteiger partial charge in [-0.2, -0.15) is 5.10 Å². The minimum atomic E-state index is -0.521. The molecule has 0 bridgehead atoms. The predicted octanol–water partition coefficient (Wildman–Crippen LogP) is 1.03. The average Bonchev–Trinajstić information content (AvgIpc) is 2.89. The molecule has 1 atom stereocenters. The Balaban J connectivity index is 2.51. The second-order valence-electron chi connectivity index (χ2n) is 7.10. The van der Waals surface area contributed by atoms with E-state index in [0.29, 0.717) is 19.0 Å². The molecule has 1 aromatic rings. The highest BCUT2D eigenvalue weighted by atomic mass is 16.6. The highest BCUT2D eigenvalue weighted by molar-refractivity contribution is 5.79. The zero-order valence-electron chi connectivity index (χ0n) is 16.3. The maximum Gasteiger partial charge on any atom is 0.407 e. The minimum Gasteiger partial charge on any atom is -0.444 e. The molecule has 1 heterocycles. The van der Waals surface area contributed by atoms with Crippen molar-refractivity contribution in [1.82, 2.24) is 30.7 Å². The number of aromatic nitrogens is 3. The van der Waals surface area contributed by atoms with Crippen LogP contribution in [-0.4, -0.2) is 52.1 Å². The fourth-order valence-electron chi connectivity index (χ4n) is 1.98. The van der Waals surface area contributed by atoms with E-state index >= 15 is 0 Å². The zero-order chi connectivity index (χ0) is 19.0. The lowest BCUT2D eigenvalue weighted by molar-refractivity contribution is 0.0491. The first-order valence-corrected chi connectivity index (χ1v) is 8.39. The van der Waals surface area contributed by atoms with Crippen molar-refractivity contribution in [3.05, 3.63) is 12.2 Å². The number of aliphatic imine (C=N–C) groups is 1. The number of rotatable bonds is 6. The lowest BCUT2D eigenvalue weighted by Gasteiger charge is -2.26. The van der Waals surface area contributed by atoms with Crippen LogP contribution in [0.1, 0.15) is 40.4 Å². The fraction of sp³-hybridized carbons (Fsp3) is 0.750. The molecule has 1 amide bonds. The molecule has 0 aliphatic heterocycles. The maximum absolute atomic E-state index is 12.0. The molecule has 3 N–H and O–H groups in total. The van der Waals surface area contributed by atoms with Crippen molar-refractivity contribution in [3.63, 3.8) is 0 Å². The standard InChI is InChI=1S/C16H31N7O2/c1-11(2)12(22-15(24)25-16(3,4)5)8-18-14(17-6)19-9-13-20-10-21-23(13)7/h10-12H,8-9H2,1-7H3,(H,22,24)(H2,17,18,19). The normalized spacial score (nSPS) is 13.5. The van der Waals surface area contributed by atoms with Crippen molar-refractivity contribution < 1.29 is 9.53 Å². The smallest absolute Gasteiger partial charge is 0.407 e. The quantitative estimate of drug-likeness (QED) is 0.521. The van der Waals surface area contributed by atoms with Crippen LogP contribution in [0.4, 0.5) is 4.79 Å². The second kappa shape index (κ2) is 9.24. The molecule has 0 aromatic carbocycles. The van der Waals surface area contributed by atoms with Crippen LogP contribution in [0.3, 0.4) is 0 Å². The number of hydrogen-bond acceptors (Lipinski definition) is 5. The molecule has 142 valence electrons. The van der Waals surface area contributed by atoms with E-state index in [4.69, 9.17) is 4.74 Å². The third-order valence-electron chi connectivity index (χ3n) is 3.44. The highest BCUT2D eigenvalue weighted by Gasteiger charge is 2.21. The van der Waals surface area contributed by atoms with Crippen molar-refractivity contribution >= 4 is 12.1 Å². The van der Waals surface area contributed by atoms with E-state index in [0.717, 1.165) is 5.82 Å². The predicted molar refractivity (Wildman–Crippen MR) is 97.2 cm³/mol. The van der Waals surface area contributed by atoms with Crippen LogP contribution in [0, 0.1) is 5.92 Å². The number of alkyl carbamates (subject to hydrolysis) is 1. The van der Waals surface area contributed by atoms with Crippen LogP contribution < -0.4 is 16.0 Å². The molecule has 1 unspecified atom stereocenters. The van der Waals surface area contributed by atoms with Crippen molar-refractivity contribution in [2.75, 3.05) is 13.6 Å². The van der Waals surface area contributed by atoms with E-state index in [1.165, 1.54) is 6.33 Å². The van der Waals surface area contributed by atoms with E-state index in [-0.39, 0.29) is 12.0 Å². The number of nitrogens with zero attached hydrogens (tertiary/aromatic N) is 4. The summed E-state index contributed by atoms with van der Waals surface area (Å²) in [4.78, 5) is 20.3. The van der Waals surface area contributed by atoms with Gasteiger partial charge in [-0.3, -0.25) is 9.67 Å². The highest BCUT2D eigenvalue weighted by Crippen LogP contribution is 2.08. The number of amides is 1. The number of aryl methyl sites for hydroxylation is 1. The summed E-state index contributed by atoms with van der Waals surface area (Å²) in [6.45, 7) is 10.6. The molecular weight excluding hydrogens is 322 g/mol. The van der Waals surface area contributed by atoms with Crippen molar-refractivity contribution in [2.24, 2.45) is 18.0 Å². The molecule has 0 saturated heterocycles. The third-order valence-corrected chi connectivity index (χ3v) is 3.44. The van der Waals surface area contributed by atoms with Gasteiger partial charge in [0, 0.05) is 20.6 Å². The van der Waals surface area contributed by atoms with Gasteiger partial charge in [-0.05, 0) is 26.7 Å². The number of hydrogen-bond donors (Lipinski definition) is 3. The Morgan fingerprint density at radius 1 is 1.36 bits per heavy atom. The Kier molecular flexibility index (Phi) is 7.66. The summed E-state index contributed by atoms with van der Waals surface area (Å²) in [5.41, 5.74) is -0.521. The van der Waals surface area contributed by atoms with E-state index in [2.05, 4.69) is 31.0 Å². The average molecular weight is 353 g/mol. The van der Waals surface area contributed by atoms with Crippen LogP contribution in [-0.2, 0) is 18.3 Å². The van der Waals surface area contributed by atoms with E-state index in [1.807, 2.05) is 41.7 Å². The molecule has 9 heteroatoms. The maximum atomic E-state index is 12.0. The van der Waals surface area contributed by atoms with Crippen LogP contribution >= 0.6 is 0 Å². The topological polar surface area (TPSA) is 105 Å². The number of carbonyl (C=O) groups excluding carboxylic acids is 1. The van der Waals surface area contributed by atoms with Gasteiger partial charge in [0.25, 0.3) is 0 Å².